The van der Waals surface area contributed by atoms with Crippen LogP contribution in [-0.2, 0) is 4.79 Å². The maximum atomic E-state index is 11.1. The minimum absolute atomic E-state index is 0. The first-order chi connectivity index (χ1) is 8.09. The lowest BCUT2D eigenvalue weighted by Gasteiger charge is -2.40. The largest absolute Gasteiger partial charge is 0.370 e. The highest BCUT2D eigenvalue weighted by atomic mass is 35.5. The summed E-state index contributed by atoms with van der Waals surface area (Å²) >= 11 is 0. The van der Waals surface area contributed by atoms with Crippen LogP contribution in [0.4, 0.5) is 0 Å². The maximum Gasteiger partial charge on any atom is 0.218 e. The maximum absolute atomic E-state index is 11.1. The summed E-state index contributed by atoms with van der Waals surface area (Å²) in [4.78, 5) is 13.6. The number of halogens is 1. The Balaban J connectivity index is 0.00000162. The number of rotatable bonds is 4. The van der Waals surface area contributed by atoms with Gasteiger partial charge >= 0.3 is 0 Å². The van der Waals surface area contributed by atoms with E-state index in [1.807, 2.05) is 0 Å². The second kappa shape index (κ2) is 6.73. The Bertz CT molecular complexity index is 279. The van der Waals surface area contributed by atoms with Gasteiger partial charge in [-0.2, -0.15) is 0 Å². The van der Waals surface area contributed by atoms with Crippen molar-refractivity contribution in [1.29, 1.82) is 0 Å². The molecule has 0 saturated carbocycles. The number of nitrogens with two attached hydrogens (primary N) is 1. The van der Waals surface area contributed by atoms with Crippen LogP contribution in [0.5, 0.6) is 0 Å². The van der Waals surface area contributed by atoms with Gasteiger partial charge in [0.05, 0.1) is 0 Å². The van der Waals surface area contributed by atoms with Gasteiger partial charge in [0.2, 0.25) is 5.91 Å². The molecule has 1 amide bonds. The van der Waals surface area contributed by atoms with Crippen molar-refractivity contribution in [2.24, 2.45) is 11.1 Å². The summed E-state index contributed by atoms with van der Waals surface area (Å²) in [7, 11) is 0. The molecular formula is C13H26ClN3O. The molecule has 2 saturated heterocycles. The minimum atomic E-state index is -0.156. The van der Waals surface area contributed by atoms with Gasteiger partial charge in [-0.15, -0.1) is 12.4 Å². The van der Waals surface area contributed by atoms with Crippen molar-refractivity contribution >= 4 is 18.3 Å². The van der Waals surface area contributed by atoms with Gasteiger partial charge in [0.25, 0.3) is 0 Å². The number of hydrogen-bond acceptors (Lipinski definition) is 3. The molecule has 3 N–H and O–H groups in total. The van der Waals surface area contributed by atoms with Crippen molar-refractivity contribution < 1.29 is 4.79 Å². The molecule has 2 aliphatic rings. The fraction of sp³-hybridized carbons (Fsp3) is 0.923. The standard InChI is InChI=1S/C13H25N3O.ClH/c1-13(5-6-15-9-13)10-16-7-3-2-4-11(16)8-12(14)17;/h11,15H,2-10H2,1H3,(H2,14,17);1H. The summed E-state index contributed by atoms with van der Waals surface area (Å²) in [5, 5.41) is 3.44. The molecule has 0 aromatic carbocycles. The minimum Gasteiger partial charge on any atom is -0.370 e. The summed E-state index contributed by atoms with van der Waals surface area (Å²) in [5.74, 6) is -0.156. The third kappa shape index (κ3) is 4.11. The molecule has 2 fully saturated rings. The van der Waals surface area contributed by atoms with Crippen LogP contribution in [0, 0.1) is 5.41 Å². The summed E-state index contributed by atoms with van der Waals surface area (Å²) < 4.78 is 0. The Kier molecular flexibility index (Phi) is 5.89. The van der Waals surface area contributed by atoms with E-state index in [9.17, 15) is 4.79 Å². The second-order valence-electron chi connectivity index (χ2n) is 6.03. The van der Waals surface area contributed by atoms with Crippen molar-refractivity contribution in [2.45, 2.75) is 45.1 Å². The van der Waals surface area contributed by atoms with Crippen LogP contribution in [-0.4, -0.2) is 43.0 Å². The van der Waals surface area contributed by atoms with E-state index in [0.29, 0.717) is 17.9 Å². The molecule has 2 heterocycles. The topological polar surface area (TPSA) is 58.4 Å². The molecule has 0 aromatic heterocycles. The average Bonchev–Trinajstić information content (AvgIpc) is 2.67. The van der Waals surface area contributed by atoms with Gasteiger partial charge in [-0.3, -0.25) is 9.69 Å². The van der Waals surface area contributed by atoms with Gasteiger partial charge in [0.1, 0.15) is 0 Å². The smallest absolute Gasteiger partial charge is 0.218 e. The highest BCUT2D eigenvalue weighted by Crippen LogP contribution is 2.29. The number of hydrogen-bond donors (Lipinski definition) is 2. The van der Waals surface area contributed by atoms with Gasteiger partial charge in [-0.05, 0) is 37.8 Å². The van der Waals surface area contributed by atoms with E-state index in [0.717, 1.165) is 32.6 Å². The van der Waals surface area contributed by atoms with Crippen LogP contribution in [0.2, 0.25) is 0 Å². The summed E-state index contributed by atoms with van der Waals surface area (Å²) in [6, 6.07) is 0.388. The predicted octanol–water partition coefficient (Wildman–Crippen LogP) is 1.14. The van der Waals surface area contributed by atoms with Gasteiger partial charge in [0.15, 0.2) is 0 Å². The number of primary amides is 1. The number of amides is 1. The van der Waals surface area contributed by atoms with Crippen molar-refractivity contribution in [1.82, 2.24) is 10.2 Å². The number of nitrogens with zero attached hydrogens (tertiary/aromatic N) is 1. The lowest BCUT2D eigenvalue weighted by Crippen LogP contribution is -2.47. The summed E-state index contributed by atoms with van der Waals surface area (Å²) in [6.45, 7) is 6.83. The third-order valence-corrected chi connectivity index (χ3v) is 4.23. The van der Waals surface area contributed by atoms with E-state index in [-0.39, 0.29) is 18.3 Å². The van der Waals surface area contributed by atoms with E-state index < -0.39 is 0 Å². The fourth-order valence-electron chi connectivity index (χ4n) is 3.23. The van der Waals surface area contributed by atoms with E-state index >= 15 is 0 Å². The molecular weight excluding hydrogens is 250 g/mol. The highest BCUT2D eigenvalue weighted by Gasteiger charge is 2.34. The van der Waals surface area contributed by atoms with Crippen LogP contribution >= 0.6 is 12.4 Å². The number of likely N-dealkylation sites (tertiary alicyclic amines) is 1. The molecule has 2 aliphatic heterocycles. The molecule has 0 radical (unpaired) electrons. The predicted molar refractivity (Wildman–Crippen MR) is 75.9 cm³/mol. The SMILES string of the molecule is CC1(CN2CCCCC2CC(N)=O)CCNC1.Cl. The van der Waals surface area contributed by atoms with Crippen molar-refractivity contribution in [3.8, 4) is 0 Å². The van der Waals surface area contributed by atoms with Gasteiger partial charge in [-0.1, -0.05) is 13.3 Å². The van der Waals surface area contributed by atoms with Crippen LogP contribution in [0.15, 0.2) is 0 Å². The highest BCUT2D eigenvalue weighted by molar-refractivity contribution is 5.85. The van der Waals surface area contributed by atoms with Crippen LogP contribution < -0.4 is 11.1 Å². The van der Waals surface area contributed by atoms with Crippen LogP contribution in [0.1, 0.15) is 39.0 Å². The Labute approximate surface area is 116 Å². The molecule has 5 heteroatoms. The summed E-state index contributed by atoms with van der Waals surface area (Å²) in [5.41, 5.74) is 5.73. The molecule has 0 bridgehead atoms. The monoisotopic (exact) mass is 275 g/mol. The molecule has 106 valence electrons. The molecule has 2 unspecified atom stereocenters. The molecule has 0 aliphatic carbocycles. The van der Waals surface area contributed by atoms with Gasteiger partial charge in [-0.25, -0.2) is 0 Å². The molecule has 2 rings (SSSR count). The van der Waals surface area contributed by atoms with Crippen LogP contribution in [0.3, 0.4) is 0 Å². The first-order valence-electron chi connectivity index (χ1n) is 6.82. The van der Waals surface area contributed by atoms with E-state index in [2.05, 4.69) is 17.1 Å². The van der Waals surface area contributed by atoms with E-state index in [1.165, 1.54) is 19.3 Å². The Hall–Kier alpha value is -0.320. The normalized spacial score (nSPS) is 33.1. The number of nitrogens with one attached hydrogen (secondary N) is 1. The zero-order valence-electron chi connectivity index (χ0n) is 11.3. The molecule has 2 atom stereocenters. The Morgan fingerprint density at radius 3 is 2.89 bits per heavy atom. The summed E-state index contributed by atoms with van der Waals surface area (Å²) in [6.07, 6.45) is 5.41. The number of carbonyl (C=O) groups excluding carboxylic acids is 1. The third-order valence-electron chi connectivity index (χ3n) is 4.23. The molecule has 0 spiro atoms. The molecule has 4 nitrogen and oxygen atoms in total. The molecule has 0 aromatic rings. The molecule has 18 heavy (non-hydrogen) atoms. The first kappa shape index (κ1) is 15.7. The lowest BCUT2D eigenvalue weighted by molar-refractivity contribution is -0.119. The van der Waals surface area contributed by atoms with Crippen LogP contribution in [0.25, 0.3) is 0 Å². The quantitative estimate of drug-likeness (QED) is 0.809. The van der Waals surface area contributed by atoms with Gasteiger partial charge < -0.3 is 11.1 Å². The van der Waals surface area contributed by atoms with Gasteiger partial charge in [0, 0.05) is 25.6 Å². The van der Waals surface area contributed by atoms with E-state index in [1.54, 1.807) is 0 Å². The number of piperidine rings is 1. The van der Waals surface area contributed by atoms with Crippen molar-refractivity contribution in [2.75, 3.05) is 26.2 Å². The van der Waals surface area contributed by atoms with Crippen molar-refractivity contribution in [3.63, 3.8) is 0 Å². The fourth-order valence-corrected chi connectivity index (χ4v) is 3.23. The second-order valence-corrected chi connectivity index (χ2v) is 6.03. The number of carbonyl (C=O) groups is 1. The average molecular weight is 276 g/mol. The lowest BCUT2D eigenvalue weighted by atomic mass is 9.87. The zero-order chi connectivity index (χ0) is 12.3. The van der Waals surface area contributed by atoms with E-state index in [4.69, 9.17) is 5.73 Å². The Morgan fingerprint density at radius 1 is 1.50 bits per heavy atom. The Morgan fingerprint density at radius 2 is 2.28 bits per heavy atom. The van der Waals surface area contributed by atoms with Crippen molar-refractivity contribution in [3.05, 3.63) is 0 Å². The first-order valence-corrected chi connectivity index (χ1v) is 6.82. The zero-order valence-corrected chi connectivity index (χ0v) is 12.1.